The number of hydrogen-bond acceptors (Lipinski definition) is 3. The van der Waals surface area contributed by atoms with Gasteiger partial charge in [-0.15, -0.1) is 0 Å². The van der Waals surface area contributed by atoms with Gasteiger partial charge in [0.15, 0.2) is 5.76 Å². The lowest BCUT2D eigenvalue weighted by molar-refractivity contribution is 0.0984. The number of furan rings is 1. The van der Waals surface area contributed by atoms with E-state index in [-0.39, 0.29) is 5.91 Å². The first-order valence-electron chi connectivity index (χ1n) is 7.24. The number of hydrogen-bond donors (Lipinski definition) is 1. The van der Waals surface area contributed by atoms with Gasteiger partial charge in [0.1, 0.15) is 5.58 Å². The summed E-state index contributed by atoms with van der Waals surface area (Å²) in [6.07, 6.45) is 0. The van der Waals surface area contributed by atoms with Crippen LogP contribution in [0.15, 0.2) is 59.0 Å². The summed E-state index contributed by atoms with van der Waals surface area (Å²) in [5, 5.41) is 3.76. The van der Waals surface area contributed by atoms with Crippen molar-refractivity contribution in [1.29, 1.82) is 0 Å². The van der Waals surface area contributed by atoms with Crippen LogP contribution in [-0.4, -0.2) is 12.5 Å². The molecule has 2 aromatic carbocycles. The molecule has 0 unspecified atom stereocenters. The molecule has 0 fully saturated rings. The van der Waals surface area contributed by atoms with E-state index >= 15 is 0 Å². The predicted molar refractivity (Wildman–Crippen MR) is 85.9 cm³/mol. The number of carbonyl (C=O) groups is 1. The first-order valence-corrected chi connectivity index (χ1v) is 7.24. The molecule has 4 nitrogen and oxygen atoms in total. The van der Waals surface area contributed by atoms with Crippen LogP contribution in [0, 0.1) is 0 Å². The number of benzene rings is 2. The largest absolute Gasteiger partial charge is 0.451 e. The Bertz CT molecular complexity index is 777. The minimum absolute atomic E-state index is 0.267. The van der Waals surface area contributed by atoms with Gasteiger partial charge < -0.3 is 14.5 Å². The fraction of sp³-hybridized carbons (Fsp3) is 0.167. The van der Waals surface area contributed by atoms with Crippen molar-refractivity contribution in [3.63, 3.8) is 0 Å². The molecule has 0 aliphatic carbocycles. The average Bonchev–Trinajstić information content (AvgIpc) is 2.92. The fourth-order valence-electron chi connectivity index (χ4n) is 2.34. The Balaban J connectivity index is 1.96. The molecule has 0 saturated carbocycles. The van der Waals surface area contributed by atoms with Gasteiger partial charge in [0.05, 0.1) is 6.61 Å². The maximum atomic E-state index is 12.5. The highest BCUT2D eigenvalue weighted by molar-refractivity contribution is 6.06. The van der Waals surface area contributed by atoms with Crippen molar-refractivity contribution < 1.29 is 13.9 Å². The Labute approximate surface area is 128 Å². The Morgan fingerprint density at radius 2 is 1.82 bits per heavy atom. The molecule has 3 aromatic rings. The zero-order valence-electron chi connectivity index (χ0n) is 12.3. The highest BCUT2D eigenvalue weighted by Crippen LogP contribution is 2.27. The van der Waals surface area contributed by atoms with E-state index < -0.39 is 0 Å². The lowest BCUT2D eigenvalue weighted by atomic mass is 10.1. The van der Waals surface area contributed by atoms with Gasteiger partial charge in [-0.25, -0.2) is 0 Å². The van der Waals surface area contributed by atoms with Crippen LogP contribution in [0.3, 0.4) is 0 Å². The van der Waals surface area contributed by atoms with E-state index in [1.165, 1.54) is 0 Å². The third-order valence-corrected chi connectivity index (χ3v) is 3.39. The number of fused-ring (bicyclic) bond motifs is 1. The summed E-state index contributed by atoms with van der Waals surface area (Å²) in [7, 11) is 0. The molecule has 0 saturated heterocycles. The summed E-state index contributed by atoms with van der Waals surface area (Å²) in [6, 6.07) is 16.9. The number of rotatable bonds is 5. The van der Waals surface area contributed by atoms with Gasteiger partial charge in [-0.2, -0.15) is 0 Å². The van der Waals surface area contributed by atoms with Crippen molar-refractivity contribution in [2.45, 2.75) is 13.5 Å². The molecule has 0 radical (unpaired) electrons. The van der Waals surface area contributed by atoms with Crippen LogP contribution in [-0.2, 0) is 11.3 Å². The third kappa shape index (κ3) is 2.87. The minimum Gasteiger partial charge on any atom is -0.451 e. The zero-order chi connectivity index (χ0) is 15.4. The number of nitrogens with one attached hydrogen (secondary N) is 1. The van der Waals surface area contributed by atoms with E-state index in [9.17, 15) is 4.79 Å². The molecule has 4 heteroatoms. The average molecular weight is 295 g/mol. The monoisotopic (exact) mass is 295 g/mol. The van der Waals surface area contributed by atoms with Crippen molar-refractivity contribution in [3.8, 4) is 0 Å². The smallest absolute Gasteiger partial charge is 0.291 e. The number of para-hydroxylation sites is 2. The molecule has 1 N–H and O–H groups in total. The second-order valence-electron chi connectivity index (χ2n) is 4.86. The molecule has 1 amide bonds. The summed E-state index contributed by atoms with van der Waals surface area (Å²) in [4.78, 5) is 12.5. The van der Waals surface area contributed by atoms with Gasteiger partial charge in [0.2, 0.25) is 0 Å². The number of ether oxygens (including phenoxy) is 1. The lowest BCUT2D eigenvalue weighted by Crippen LogP contribution is -2.13. The molecule has 0 aliphatic heterocycles. The van der Waals surface area contributed by atoms with Gasteiger partial charge in [0, 0.05) is 23.2 Å². The van der Waals surface area contributed by atoms with E-state index in [2.05, 4.69) is 5.32 Å². The van der Waals surface area contributed by atoms with Crippen LogP contribution >= 0.6 is 0 Å². The molecule has 3 rings (SSSR count). The van der Waals surface area contributed by atoms with E-state index in [4.69, 9.17) is 9.15 Å². The molecule has 112 valence electrons. The Morgan fingerprint density at radius 1 is 1.09 bits per heavy atom. The highest BCUT2D eigenvalue weighted by Gasteiger charge is 2.20. The Hall–Kier alpha value is -2.59. The molecule has 1 aromatic heterocycles. The number of amides is 1. The molecule has 1 heterocycles. The number of anilines is 1. The SMILES string of the molecule is CCOCc1c(C(=O)Nc2ccccc2)oc2ccccc12. The van der Waals surface area contributed by atoms with Gasteiger partial charge in [-0.05, 0) is 25.1 Å². The maximum Gasteiger partial charge on any atom is 0.291 e. The molecule has 0 spiro atoms. The molecular formula is C18H17NO3. The Morgan fingerprint density at radius 3 is 2.59 bits per heavy atom. The van der Waals surface area contributed by atoms with Crippen molar-refractivity contribution in [1.82, 2.24) is 0 Å². The minimum atomic E-state index is -0.267. The summed E-state index contributed by atoms with van der Waals surface area (Å²) in [5.41, 5.74) is 2.21. The lowest BCUT2D eigenvalue weighted by Gasteiger charge is -2.05. The first kappa shape index (κ1) is 14.4. The summed E-state index contributed by atoms with van der Waals surface area (Å²) >= 11 is 0. The Kier molecular flexibility index (Phi) is 4.21. The highest BCUT2D eigenvalue weighted by atomic mass is 16.5. The van der Waals surface area contributed by atoms with E-state index in [1.54, 1.807) is 0 Å². The zero-order valence-corrected chi connectivity index (χ0v) is 12.3. The first-order chi connectivity index (χ1) is 10.8. The van der Waals surface area contributed by atoms with E-state index in [0.717, 1.165) is 16.6 Å². The quantitative estimate of drug-likeness (QED) is 0.766. The second kappa shape index (κ2) is 6.45. The van der Waals surface area contributed by atoms with E-state index in [0.29, 0.717) is 24.6 Å². The third-order valence-electron chi connectivity index (χ3n) is 3.39. The van der Waals surface area contributed by atoms with Gasteiger partial charge in [-0.1, -0.05) is 36.4 Å². The van der Waals surface area contributed by atoms with Crippen LogP contribution in [0.5, 0.6) is 0 Å². The molecule has 0 aliphatic rings. The predicted octanol–water partition coefficient (Wildman–Crippen LogP) is 4.22. The van der Waals surface area contributed by atoms with Crippen LogP contribution in [0.1, 0.15) is 23.0 Å². The van der Waals surface area contributed by atoms with Gasteiger partial charge >= 0.3 is 0 Å². The van der Waals surface area contributed by atoms with Crippen molar-refractivity contribution >= 4 is 22.6 Å². The normalized spacial score (nSPS) is 10.8. The molecule has 0 atom stereocenters. The van der Waals surface area contributed by atoms with Crippen molar-refractivity contribution in [2.75, 3.05) is 11.9 Å². The van der Waals surface area contributed by atoms with Crippen LogP contribution in [0.25, 0.3) is 11.0 Å². The summed E-state index contributed by atoms with van der Waals surface area (Å²) in [6.45, 7) is 2.86. The van der Waals surface area contributed by atoms with E-state index in [1.807, 2.05) is 61.5 Å². The van der Waals surface area contributed by atoms with Gasteiger partial charge in [0.25, 0.3) is 5.91 Å². The molecule has 0 bridgehead atoms. The summed E-state index contributed by atoms with van der Waals surface area (Å²) in [5.74, 6) is 0.0376. The van der Waals surface area contributed by atoms with Crippen molar-refractivity contribution in [2.24, 2.45) is 0 Å². The number of carbonyl (C=O) groups excluding carboxylic acids is 1. The van der Waals surface area contributed by atoms with Crippen LogP contribution in [0.2, 0.25) is 0 Å². The maximum absolute atomic E-state index is 12.5. The molecular weight excluding hydrogens is 278 g/mol. The standard InChI is InChI=1S/C18H17NO3/c1-2-21-12-15-14-10-6-7-11-16(14)22-17(15)18(20)19-13-8-4-3-5-9-13/h3-11H,2,12H2,1H3,(H,19,20). The van der Waals surface area contributed by atoms with Crippen LogP contribution in [0.4, 0.5) is 5.69 Å². The summed E-state index contributed by atoms with van der Waals surface area (Å²) < 4.78 is 11.2. The topological polar surface area (TPSA) is 51.5 Å². The van der Waals surface area contributed by atoms with Crippen molar-refractivity contribution in [3.05, 3.63) is 65.9 Å². The second-order valence-corrected chi connectivity index (χ2v) is 4.86. The van der Waals surface area contributed by atoms with Crippen LogP contribution < -0.4 is 5.32 Å². The molecule has 22 heavy (non-hydrogen) atoms. The van der Waals surface area contributed by atoms with Gasteiger partial charge in [-0.3, -0.25) is 4.79 Å². The fourth-order valence-corrected chi connectivity index (χ4v) is 2.34.